The second-order valence-corrected chi connectivity index (χ2v) is 4.54. The molecule has 5 nitrogen and oxygen atoms in total. The van der Waals surface area contributed by atoms with Gasteiger partial charge in [-0.2, -0.15) is 5.10 Å². The van der Waals surface area contributed by atoms with Gasteiger partial charge in [0.2, 0.25) is 0 Å². The van der Waals surface area contributed by atoms with Crippen molar-refractivity contribution in [2.45, 2.75) is 32.2 Å². The van der Waals surface area contributed by atoms with Gasteiger partial charge in [0.15, 0.2) is 0 Å². The zero-order valence-corrected chi connectivity index (χ0v) is 10.4. The third-order valence-corrected chi connectivity index (χ3v) is 3.31. The number of nitrogens with zero attached hydrogens (tertiary/aromatic N) is 3. The minimum Gasteiger partial charge on any atom is -0.480 e. The molecule has 0 amide bonds. The molecular weight excluding hydrogens is 218 g/mol. The van der Waals surface area contributed by atoms with Gasteiger partial charge >= 0.3 is 5.97 Å². The van der Waals surface area contributed by atoms with Crippen molar-refractivity contribution in [2.24, 2.45) is 7.05 Å². The normalized spacial score (nSPS) is 18.5. The van der Waals surface area contributed by atoms with E-state index in [0.29, 0.717) is 0 Å². The van der Waals surface area contributed by atoms with Crippen molar-refractivity contribution in [3.63, 3.8) is 0 Å². The fourth-order valence-electron chi connectivity index (χ4n) is 2.54. The summed E-state index contributed by atoms with van der Waals surface area (Å²) in [6.45, 7) is 3.75. The maximum atomic E-state index is 11.5. The van der Waals surface area contributed by atoms with Crippen molar-refractivity contribution < 1.29 is 9.90 Å². The summed E-state index contributed by atoms with van der Waals surface area (Å²) < 4.78 is 1.71. The average Bonchev–Trinajstić information content (AvgIpc) is 2.88. The number of carboxylic acids is 1. The number of rotatable bonds is 4. The van der Waals surface area contributed by atoms with E-state index in [9.17, 15) is 9.90 Å². The van der Waals surface area contributed by atoms with Gasteiger partial charge in [-0.15, -0.1) is 0 Å². The molecule has 2 heterocycles. The first-order valence-corrected chi connectivity index (χ1v) is 6.12. The molecule has 1 aromatic heterocycles. The van der Waals surface area contributed by atoms with E-state index in [1.54, 1.807) is 4.68 Å². The monoisotopic (exact) mass is 237 g/mol. The summed E-state index contributed by atoms with van der Waals surface area (Å²) in [6, 6.07) is -0.527. The molecule has 0 saturated carbocycles. The molecule has 1 atom stereocenters. The lowest BCUT2D eigenvalue weighted by molar-refractivity contribution is -0.143. The maximum Gasteiger partial charge on any atom is 0.325 e. The molecule has 0 bridgehead atoms. The molecule has 0 aromatic carbocycles. The van der Waals surface area contributed by atoms with Crippen molar-refractivity contribution in [1.29, 1.82) is 0 Å². The Balaban J connectivity index is 2.34. The molecule has 1 aliphatic rings. The lowest BCUT2D eigenvalue weighted by Gasteiger charge is -2.23. The van der Waals surface area contributed by atoms with Crippen LogP contribution in [0.15, 0.2) is 6.20 Å². The number of carboxylic acid groups (broad SMARTS) is 1. The van der Waals surface area contributed by atoms with Crippen LogP contribution in [0.3, 0.4) is 0 Å². The molecule has 0 radical (unpaired) electrons. The molecule has 1 aliphatic heterocycles. The van der Waals surface area contributed by atoms with Crippen LogP contribution in [-0.2, 0) is 18.3 Å². The standard InChI is InChI=1S/C12H19N3O2/c1-3-10-9(8-14(2)13-10)11(12(16)17)15-6-4-5-7-15/h8,11H,3-7H2,1-2H3,(H,16,17). The van der Waals surface area contributed by atoms with E-state index in [-0.39, 0.29) is 0 Å². The van der Waals surface area contributed by atoms with Gasteiger partial charge in [0.25, 0.3) is 0 Å². The van der Waals surface area contributed by atoms with Crippen LogP contribution in [0.2, 0.25) is 0 Å². The van der Waals surface area contributed by atoms with Crippen LogP contribution in [0.4, 0.5) is 0 Å². The van der Waals surface area contributed by atoms with Gasteiger partial charge in [-0.3, -0.25) is 14.4 Å². The van der Waals surface area contributed by atoms with E-state index in [1.165, 1.54) is 0 Å². The summed E-state index contributed by atoms with van der Waals surface area (Å²) in [5, 5.41) is 13.8. The number of aryl methyl sites for hydroxylation is 2. The largest absolute Gasteiger partial charge is 0.480 e. The minimum absolute atomic E-state index is 0.527. The molecule has 1 fully saturated rings. The van der Waals surface area contributed by atoms with Gasteiger partial charge in [0.05, 0.1) is 5.69 Å². The van der Waals surface area contributed by atoms with Gasteiger partial charge in [-0.25, -0.2) is 0 Å². The Morgan fingerprint density at radius 1 is 1.53 bits per heavy atom. The highest BCUT2D eigenvalue weighted by Crippen LogP contribution is 2.27. The van der Waals surface area contributed by atoms with Gasteiger partial charge in [0, 0.05) is 18.8 Å². The lowest BCUT2D eigenvalue weighted by Crippen LogP contribution is -2.32. The zero-order valence-electron chi connectivity index (χ0n) is 10.4. The van der Waals surface area contributed by atoms with E-state index >= 15 is 0 Å². The van der Waals surface area contributed by atoms with E-state index in [2.05, 4.69) is 5.10 Å². The smallest absolute Gasteiger partial charge is 0.325 e. The quantitative estimate of drug-likeness (QED) is 0.855. The van der Waals surface area contributed by atoms with Crippen molar-refractivity contribution in [1.82, 2.24) is 14.7 Å². The summed E-state index contributed by atoms with van der Waals surface area (Å²) in [7, 11) is 1.84. The Hall–Kier alpha value is -1.36. The van der Waals surface area contributed by atoms with Gasteiger partial charge in [-0.1, -0.05) is 6.92 Å². The summed E-state index contributed by atoms with van der Waals surface area (Å²) in [5.41, 5.74) is 1.75. The number of carbonyl (C=O) groups is 1. The maximum absolute atomic E-state index is 11.5. The summed E-state index contributed by atoms with van der Waals surface area (Å²) in [6.07, 6.45) is 4.79. The molecule has 0 spiro atoms. The molecule has 17 heavy (non-hydrogen) atoms. The van der Waals surface area contributed by atoms with Crippen molar-refractivity contribution in [3.8, 4) is 0 Å². The molecule has 0 aliphatic carbocycles. The summed E-state index contributed by atoms with van der Waals surface area (Å²) in [5.74, 6) is -0.769. The van der Waals surface area contributed by atoms with Crippen molar-refractivity contribution >= 4 is 5.97 Å². The van der Waals surface area contributed by atoms with Gasteiger partial charge in [0.1, 0.15) is 6.04 Å². The van der Waals surface area contributed by atoms with Gasteiger partial charge in [-0.05, 0) is 32.4 Å². The van der Waals surface area contributed by atoms with Gasteiger partial charge < -0.3 is 5.11 Å². The Morgan fingerprint density at radius 2 is 2.18 bits per heavy atom. The predicted octanol–water partition coefficient (Wildman–Crippen LogP) is 1.20. The van der Waals surface area contributed by atoms with Crippen LogP contribution < -0.4 is 0 Å². The predicted molar refractivity (Wildman–Crippen MR) is 63.8 cm³/mol. The molecule has 1 N–H and O–H groups in total. The molecule has 1 aromatic rings. The third-order valence-electron chi connectivity index (χ3n) is 3.31. The van der Waals surface area contributed by atoms with Crippen LogP contribution in [0.1, 0.15) is 37.1 Å². The second-order valence-electron chi connectivity index (χ2n) is 4.54. The third kappa shape index (κ3) is 2.34. The Morgan fingerprint density at radius 3 is 2.71 bits per heavy atom. The number of hydrogen-bond acceptors (Lipinski definition) is 3. The molecule has 94 valence electrons. The average molecular weight is 237 g/mol. The zero-order chi connectivity index (χ0) is 12.4. The van der Waals surface area contributed by atoms with Crippen molar-refractivity contribution in [2.75, 3.05) is 13.1 Å². The van der Waals surface area contributed by atoms with E-state index in [1.807, 2.05) is 25.1 Å². The topological polar surface area (TPSA) is 58.4 Å². The highest BCUT2D eigenvalue weighted by Gasteiger charge is 2.32. The van der Waals surface area contributed by atoms with E-state index < -0.39 is 12.0 Å². The number of aromatic nitrogens is 2. The first-order valence-electron chi connectivity index (χ1n) is 6.12. The van der Waals surface area contributed by atoms with Crippen molar-refractivity contribution in [3.05, 3.63) is 17.5 Å². The molecule has 2 rings (SSSR count). The van der Waals surface area contributed by atoms with Crippen LogP contribution in [0.5, 0.6) is 0 Å². The molecule has 5 heteroatoms. The molecular formula is C12H19N3O2. The van der Waals surface area contributed by atoms with E-state index in [0.717, 1.165) is 43.6 Å². The second kappa shape index (κ2) is 4.87. The van der Waals surface area contributed by atoms with E-state index in [4.69, 9.17) is 0 Å². The first-order chi connectivity index (χ1) is 8.13. The number of likely N-dealkylation sites (tertiary alicyclic amines) is 1. The highest BCUT2D eigenvalue weighted by molar-refractivity contribution is 5.76. The highest BCUT2D eigenvalue weighted by atomic mass is 16.4. The van der Waals surface area contributed by atoms with Crippen LogP contribution >= 0.6 is 0 Å². The minimum atomic E-state index is -0.769. The molecule has 1 unspecified atom stereocenters. The summed E-state index contributed by atoms with van der Waals surface area (Å²) in [4.78, 5) is 13.5. The SMILES string of the molecule is CCc1nn(C)cc1C(C(=O)O)N1CCCC1. The van der Waals surface area contributed by atoms with Crippen LogP contribution in [0, 0.1) is 0 Å². The summed E-state index contributed by atoms with van der Waals surface area (Å²) >= 11 is 0. The lowest BCUT2D eigenvalue weighted by atomic mass is 10.1. The first kappa shape index (κ1) is 12.1. The number of aliphatic carboxylic acids is 1. The fourth-order valence-corrected chi connectivity index (χ4v) is 2.54. The van der Waals surface area contributed by atoms with Crippen LogP contribution in [-0.4, -0.2) is 38.8 Å². The Kier molecular flexibility index (Phi) is 3.47. The Bertz CT molecular complexity index is 408. The molecule has 1 saturated heterocycles. The number of hydrogen-bond donors (Lipinski definition) is 1. The van der Waals surface area contributed by atoms with Crippen LogP contribution in [0.25, 0.3) is 0 Å². The fraction of sp³-hybridized carbons (Fsp3) is 0.667. The Labute approximate surface area is 101 Å².